The SMILES string of the molecule is Oc1ccc2c3c1O[C@H]1[C@@H](O)CC[C@H]4[C@@H](C2)N(CC2CCC2)CC[C@@]341. The maximum absolute atomic E-state index is 10.7. The van der Waals surface area contributed by atoms with Gasteiger partial charge in [-0.15, -0.1) is 0 Å². The van der Waals surface area contributed by atoms with Crippen molar-refractivity contribution in [3.8, 4) is 11.5 Å². The van der Waals surface area contributed by atoms with Crippen molar-refractivity contribution >= 4 is 0 Å². The summed E-state index contributed by atoms with van der Waals surface area (Å²) < 4.78 is 6.25. The van der Waals surface area contributed by atoms with E-state index in [0.717, 1.165) is 38.1 Å². The second-order valence-corrected chi connectivity index (χ2v) is 9.09. The molecule has 2 heterocycles. The van der Waals surface area contributed by atoms with Gasteiger partial charge in [0.05, 0.1) is 6.10 Å². The number of ether oxygens (including phenoxy) is 1. The Morgan fingerprint density at radius 1 is 1.20 bits per heavy atom. The first-order valence-electron chi connectivity index (χ1n) is 10.1. The van der Waals surface area contributed by atoms with Gasteiger partial charge in [0, 0.05) is 23.6 Å². The summed E-state index contributed by atoms with van der Waals surface area (Å²) in [6.07, 6.45) is 7.69. The van der Waals surface area contributed by atoms with Crippen LogP contribution in [0.15, 0.2) is 12.1 Å². The third kappa shape index (κ3) is 1.75. The second-order valence-electron chi connectivity index (χ2n) is 9.09. The smallest absolute Gasteiger partial charge is 0.165 e. The molecule has 134 valence electrons. The number of rotatable bonds is 2. The maximum atomic E-state index is 10.7. The molecule has 2 bridgehead atoms. The summed E-state index contributed by atoms with van der Waals surface area (Å²) in [4.78, 5) is 2.77. The summed E-state index contributed by atoms with van der Waals surface area (Å²) in [5, 5.41) is 21.1. The van der Waals surface area contributed by atoms with Gasteiger partial charge < -0.3 is 14.9 Å². The number of aliphatic hydroxyl groups is 1. The summed E-state index contributed by atoms with van der Waals surface area (Å²) in [6, 6.07) is 4.48. The first kappa shape index (κ1) is 14.9. The van der Waals surface area contributed by atoms with Crippen LogP contribution in [0, 0.1) is 11.8 Å². The zero-order valence-electron chi connectivity index (χ0n) is 14.7. The Balaban J connectivity index is 1.48. The van der Waals surface area contributed by atoms with Crippen molar-refractivity contribution in [2.24, 2.45) is 11.8 Å². The molecule has 4 heteroatoms. The number of phenolic OH excluding ortho intramolecular Hbond substituents is 1. The number of phenols is 1. The van der Waals surface area contributed by atoms with Crippen molar-refractivity contribution in [3.05, 3.63) is 23.3 Å². The van der Waals surface area contributed by atoms with Gasteiger partial charge in [0.2, 0.25) is 0 Å². The number of aromatic hydroxyl groups is 1. The average molecular weight is 341 g/mol. The van der Waals surface area contributed by atoms with Crippen molar-refractivity contribution in [1.82, 2.24) is 4.90 Å². The summed E-state index contributed by atoms with van der Waals surface area (Å²) in [5.41, 5.74) is 2.53. The lowest BCUT2D eigenvalue weighted by Gasteiger charge is -2.59. The number of hydrogen-bond donors (Lipinski definition) is 2. The number of nitrogens with zero attached hydrogens (tertiary/aromatic N) is 1. The van der Waals surface area contributed by atoms with E-state index in [1.165, 1.54) is 36.9 Å². The van der Waals surface area contributed by atoms with Gasteiger partial charge in [-0.1, -0.05) is 12.5 Å². The van der Waals surface area contributed by atoms with Crippen molar-refractivity contribution in [1.29, 1.82) is 0 Å². The minimum Gasteiger partial charge on any atom is -0.504 e. The van der Waals surface area contributed by atoms with Crippen LogP contribution in [0.4, 0.5) is 0 Å². The van der Waals surface area contributed by atoms with Crippen LogP contribution < -0.4 is 4.74 Å². The van der Waals surface area contributed by atoms with E-state index in [1.807, 2.05) is 0 Å². The molecule has 0 radical (unpaired) electrons. The third-order valence-electron chi connectivity index (χ3n) is 8.12. The molecule has 1 spiro atoms. The molecule has 5 aliphatic rings. The molecule has 2 aliphatic heterocycles. The monoisotopic (exact) mass is 341 g/mol. The molecular weight excluding hydrogens is 314 g/mol. The molecule has 0 amide bonds. The van der Waals surface area contributed by atoms with Gasteiger partial charge in [-0.3, -0.25) is 4.90 Å². The van der Waals surface area contributed by atoms with Gasteiger partial charge in [-0.25, -0.2) is 0 Å². The molecule has 0 unspecified atom stereocenters. The van der Waals surface area contributed by atoms with Crippen LogP contribution in [0.25, 0.3) is 0 Å². The normalized spacial score (nSPS) is 41.8. The summed E-state index contributed by atoms with van der Waals surface area (Å²) in [7, 11) is 0. The molecule has 3 fully saturated rings. The largest absolute Gasteiger partial charge is 0.504 e. The van der Waals surface area contributed by atoms with Gasteiger partial charge in [0.1, 0.15) is 6.10 Å². The van der Waals surface area contributed by atoms with E-state index in [1.54, 1.807) is 6.07 Å². The summed E-state index contributed by atoms with van der Waals surface area (Å²) in [6.45, 7) is 2.37. The van der Waals surface area contributed by atoms with Crippen molar-refractivity contribution in [2.45, 2.75) is 68.6 Å². The zero-order valence-corrected chi connectivity index (χ0v) is 14.7. The fourth-order valence-corrected chi connectivity index (χ4v) is 6.83. The molecular formula is C21H27NO3. The lowest BCUT2D eigenvalue weighted by atomic mass is 9.51. The van der Waals surface area contributed by atoms with E-state index in [-0.39, 0.29) is 17.3 Å². The van der Waals surface area contributed by atoms with Gasteiger partial charge >= 0.3 is 0 Å². The van der Waals surface area contributed by atoms with Crippen LogP contribution in [-0.4, -0.2) is 46.5 Å². The Morgan fingerprint density at radius 2 is 2.08 bits per heavy atom. The first-order valence-corrected chi connectivity index (χ1v) is 10.1. The van der Waals surface area contributed by atoms with E-state index < -0.39 is 6.10 Å². The number of piperidine rings is 1. The highest BCUT2D eigenvalue weighted by Gasteiger charge is 2.65. The fraction of sp³-hybridized carbons (Fsp3) is 0.714. The van der Waals surface area contributed by atoms with E-state index in [0.29, 0.717) is 17.7 Å². The highest BCUT2D eigenvalue weighted by molar-refractivity contribution is 5.60. The third-order valence-corrected chi connectivity index (χ3v) is 8.12. The van der Waals surface area contributed by atoms with Gasteiger partial charge in [0.25, 0.3) is 0 Å². The molecule has 0 aromatic heterocycles. The van der Waals surface area contributed by atoms with Crippen molar-refractivity contribution in [3.63, 3.8) is 0 Å². The van der Waals surface area contributed by atoms with Crippen LogP contribution in [0.3, 0.4) is 0 Å². The van der Waals surface area contributed by atoms with Crippen LogP contribution in [0.1, 0.15) is 49.7 Å². The molecule has 1 saturated heterocycles. The molecule has 6 rings (SSSR count). The molecule has 5 atom stereocenters. The number of benzene rings is 1. The minimum atomic E-state index is -0.409. The average Bonchev–Trinajstić information content (AvgIpc) is 2.92. The fourth-order valence-electron chi connectivity index (χ4n) is 6.83. The van der Waals surface area contributed by atoms with Crippen LogP contribution >= 0.6 is 0 Å². The Kier molecular flexibility index (Phi) is 2.92. The predicted molar refractivity (Wildman–Crippen MR) is 94.0 cm³/mol. The van der Waals surface area contributed by atoms with Crippen molar-refractivity contribution < 1.29 is 14.9 Å². The highest BCUT2D eigenvalue weighted by Crippen LogP contribution is 2.63. The van der Waals surface area contributed by atoms with E-state index >= 15 is 0 Å². The van der Waals surface area contributed by atoms with E-state index in [4.69, 9.17) is 4.74 Å². The standard InChI is InChI=1S/C21H27NO3/c23-16-6-4-13-10-15-14-5-7-17(24)20-21(14,18(13)19(16)25-20)8-9-22(15)11-12-2-1-3-12/h4,6,12,14-15,17,20,23-24H,1-3,5,7-11H2/t14-,15+,17-,20-,21-/m0/s1. The highest BCUT2D eigenvalue weighted by atomic mass is 16.5. The van der Waals surface area contributed by atoms with Crippen LogP contribution in [0.5, 0.6) is 11.5 Å². The van der Waals surface area contributed by atoms with Gasteiger partial charge in [-0.05, 0) is 68.5 Å². The van der Waals surface area contributed by atoms with E-state index in [9.17, 15) is 10.2 Å². The Labute approximate surface area is 148 Å². The quantitative estimate of drug-likeness (QED) is 0.868. The lowest BCUT2D eigenvalue weighted by Crippen LogP contribution is -2.67. The first-order chi connectivity index (χ1) is 12.2. The van der Waals surface area contributed by atoms with Gasteiger partial charge in [-0.2, -0.15) is 0 Å². The molecule has 3 aliphatic carbocycles. The second kappa shape index (κ2) is 4.92. The molecule has 2 N–H and O–H groups in total. The zero-order chi connectivity index (χ0) is 16.8. The number of likely N-dealkylation sites (tertiary alicyclic amines) is 1. The Morgan fingerprint density at radius 3 is 2.88 bits per heavy atom. The maximum Gasteiger partial charge on any atom is 0.165 e. The van der Waals surface area contributed by atoms with Crippen LogP contribution in [-0.2, 0) is 11.8 Å². The predicted octanol–water partition coefficient (Wildman–Crippen LogP) is 2.59. The molecule has 1 aromatic carbocycles. The van der Waals surface area contributed by atoms with Crippen molar-refractivity contribution in [2.75, 3.05) is 13.1 Å². The van der Waals surface area contributed by atoms with Gasteiger partial charge in [0.15, 0.2) is 11.5 Å². The van der Waals surface area contributed by atoms with Crippen LogP contribution in [0.2, 0.25) is 0 Å². The number of hydrogen-bond acceptors (Lipinski definition) is 4. The van der Waals surface area contributed by atoms with E-state index in [2.05, 4.69) is 11.0 Å². The number of aliphatic hydroxyl groups excluding tert-OH is 1. The summed E-state index contributed by atoms with van der Waals surface area (Å²) in [5.74, 6) is 2.39. The minimum absolute atomic E-state index is 0.0693. The molecule has 4 nitrogen and oxygen atoms in total. The summed E-state index contributed by atoms with van der Waals surface area (Å²) >= 11 is 0. The molecule has 2 saturated carbocycles. The molecule has 25 heavy (non-hydrogen) atoms. The Hall–Kier alpha value is -1.26. The molecule has 1 aromatic rings. The topological polar surface area (TPSA) is 52.9 Å². The Bertz CT molecular complexity index is 730. The lowest BCUT2D eigenvalue weighted by molar-refractivity contribution is -0.107.